The number of rotatable bonds is 2. The number of ether oxygens (including phenoxy) is 3. The molecule has 0 saturated carbocycles. The summed E-state index contributed by atoms with van der Waals surface area (Å²) in [5, 5.41) is 0. The normalized spacial score (nSPS) is 10.0. The summed E-state index contributed by atoms with van der Waals surface area (Å²) in [7, 11) is 3.17. The van der Waals surface area contributed by atoms with Crippen molar-refractivity contribution in [2.45, 2.75) is 40.5 Å². The zero-order valence-electron chi connectivity index (χ0n) is 20.8. The van der Waals surface area contributed by atoms with Crippen LogP contribution in [0.4, 0.5) is 11.4 Å². The maximum Gasteiger partial charge on any atom is 0.159 e. The topological polar surface area (TPSA) is 92.6 Å². The molecule has 7 heteroatoms. The van der Waals surface area contributed by atoms with Crippen molar-refractivity contribution in [1.29, 1.82) is 0 Å². The third-order valence-electron chi connectivity index (χ3n) is 4.00. The molecule has 0 bridgehead atoms. The van der Waals surface area contributed by atoms with Crippen molar-refractivity contribution in [1.82, 2.24) is 4.98 Å². The second-order valence-corrected chi connectivity index (χ2v) is 5.92. The van der Waals surface area contributed by atoms with E-state index in [0.717, 1.165) is 24.5 Å². The van der Waals surface area contributed by atoms with Gasteiger partial charge < -0.3 is 25.7 Å². The molecule has 0 atom stereocenters. The van der Waals surface area contributed by atoms with Crippen LogP contribution in [0.3, 0.4) is 0 Å². The molecule has 0 amide bonds. The van der Waals surface area contributed by atoms with Gasteiger partial charge >= 0.3 is 0 Å². The molecule has 1 aliphatic rings. The summed E-state index contributed by atoms with van der Waals surface area (Å²) >= 11 is 0. The largest absolute Gasteiger partial charge is 0.495 e. The number of hydrogen-bond acceptors (Lipinski definition) is 6. The Bertz CT molecular complexity index is 804. The third kappa shape index (κ3) is 13.1. The molecule has 0 fully saturated rings. The van der Waals surface area contributed by atoms with Gasteiger partial charge in [0, 0.05) is 40.2 Å². The zero-order valence-corrected chi connectivity index (χ0v) is 25.0. The molecule has 0 spiro atoms. The smallest absolute Gasteiger partial charge is 0.159 e. The quantitative estimate of drug-likeness (QED) is 0.300. The van der Waals surface area contributed by atoms with Crippen molar-refractivity contribution in [2.75, 3.05) is 32.3 Å². The number of aromatic nitrogens is 1. The van der Waals surface area contributed by atoms with Crippen LogP contribution in [0.5, 0.6) is 17.2 Å². The van der Waals surface area contributed by atoms with E-state index in [1.165, 1.54) is 12.0 Å². The van der Waals surface area contributed by atoms with Gasteiger partial charge in [0.25, 0.3) is 0 Å². The molecule has 1 aliphatic heterocycles. The van der Waals surface area contributed by atoms with E-state index in [-0.39, 0.29) is 34.0 Å². The maximum atomic E-state index is 5.51. The van der Waals surface area contributed by atoms with Gasteiger partial charge in [0.15, 0.2) is 5.75 Å². The van der Waals surface area contributed by atoms with Crippen LogP contribution in [-0.4, -0.2) is 25.8 Å². The minimum atomic E-state index is 0. The van der Waals surface area contributed by atoms with Crippen molar-refractivity contribution in [3.8, 4) is 17.2 Å². The minimum Gasteiger partial charge on any atom is -0.495 e. The van der Waals surface area contributed by atoms with Crippen LogP contribution >= 0.6 is 0 Å². The van der Waals surface area contributed by atoms with Crippen LogP contribution in [0, 0.1) is 31.1 Å². The first-order valence-corrected chi connectivity index (χ1v) is 11.0. The molecule has 0 saturated heterocycles. The Hall–Kier alpha value is -2.36. The predicted octanol–water partition coefficient (Wildman–Crippen LogP) is 6.51. The molecule has 33 heavy (non-hydrogen) atoms. The van der Waals surface area contributed by atoms with E-state index >= 15 is 0 Å². The molecule has 4 N–H and O–H groups in total. The van der Waals surface area contributed by atoms with Crippen LogP contribution < -0.4 is 25.7 Å². The monoisotopic (exact) mass is 683 g/mol. The molecule has 4 rings (SSSR count). The number of nitrogens with zero attached hydrogens (tertiary/aromatic N) is 1. The Morgan fingerprint density at radius 3 is 1.91 bits per heavy atom. The Kier molecular flexibility index (Phi) is 21.4. The van der Waals surface area contributed by atoms with E-state index in [1.54, 1.807) is 38.7 Å². The van der Waals surface area contributed by atoms with E-state index in [1.807, 2.05) is 58.0 Å². The second-order valence-electron chi connectivity index (χ2n) is 5.92. The van der Waals surface area contributed by atoms with Crippen LogP contribution in [0.1, 0.15) is 42.5 Å². The standard InChI is InChI=1S/C9H10O.C7H9NO.C6H8N2O.2C2H6.U.2H2/c1-2-6-9-8(4-1)5-3-7-10-9;1-9-7-5-3-2-4-6(7)8;1-9-6-4-8-3-2-5(6)7;2*1-2;;;/h1-2,4,6H,3,5,7H2;2-5H,8H2,1H3;2-4H,1H3,(H2,7,8);2*1-2H3;;2*1H. The van der Waals surface area contributed by atoms with Gasteiger partial charge in [0.1, 0.15) is 11.5 Å². The molecular formula is C26H43N3O3U. The Labute approximate surface area is 226 Å². The number of anilines is 2. The number of fused-ring (bicyclic) bond motifs is 1. The van der Waals surface area contributed by atoms with Gasteiger partial charge in [-0.3, -0.25) is 4.98 Å². The van der Waals surface area contributed by atoms with E-state index in [2.05, 4.69) is 17.1 Å². The van der Waals surface area contributed by atoms with Crippen molar-refractivity contribution in [2.24, 2.45) is 0 Å². The molecular weight excluding hydrogens is 640 g/mol. The van der Waals surface area contributed by atoms with Crippen molar-refractivity contribution in [3.63, 3.8) is 0 Å². The second kappa shape index (κ2) is 21.5. The predicted molar refractivity (Wildman–Crippen MR) is 140 cm³/mol. The first kappa shape index (κ1) is 32.8. The van der Waals surface area contributed by atoms with Gasteiger partial charge in [-0.25, -0.2) is 0 Å². The molecule has 2 heterocycles. The fourth-order valence-corrected chi connectivity index (χ4v) is 2.52. The van der Waals surface area contributed by atoms with E-state index < -0.39 is 0 Å². The summed E-state index contributed by atoms with van der Waals surface area (Å²) in [5.41, 5.74) is 13.6. The number of benzene rings is 2. The minimum absolute atomic E-state index is 0. The van der Waals surface area contributed by atoms with Crippen molar-refractivity contribution >= 4 is 11.4 Å². The molecule has 6 nitrogen and oxygen atoms in total. The SMILES string of the molecule is CC.CC.COc1ccccc1N.COc1cnccc1N.[HH].[HH].[U].c1ccc2c(c1)CCCO2. The molecule has 3 aromatic rings. The van der Waals surface area contributed by atoms with Crippen LogP contribution in [0.15, 0.2) is 67.0 Å². The zero-order chi connectivity index (χ0) is 24.2. The Morgan fingerprint density at radius 2 is 1.39 bits per heavy atom. The first-order valence-electron chi connectivity index (χ1n) is 11.0. The molecule has 2 aromatic carbocycles. The number of hydrogen-bond donors (Lipinski definition) is 2. The molecule has 0 radical (unpaired) electrons. The number of methoxy groups -OCH3 is 2. The average Bonchev–Trinajstić information content (AvgIpc) is 2.88. The summed E-state index contributed by atoms with van der Waals surface area (Å²) in [6, 6.07) is 17.3. The summed E-state index contributed by atoms with van der Waals surface area (Å²) in [4.78, 5) is 3.81. The summed E-state index contributed by atoms with van der Waals surface area (Å²) < 4.78 is 15.2. The number of nitrogen functional groups attached to an aromatic ring is 2. The first-order chi connectivity index (χ1) is 15.7. The number of pyridine rings is 1. The third-order valence-corrected chi connectivity index (χ3v) is 4.00. The van der Waals surface area contributed by atoms with Gasteiger partial charge in [-0.1, -0.05) is 58.0 Å². The number of para-hydroxylation sites is 3. The maximum absolute atomic E-state index is 5.51. The van der Waals surface area contributed by atoms with Crippen LogP contribution in [0.2, 0.25) is 0 Å². The van der Waals surface area contributed by atoms with Gasteiger partial charge in [0.2, 0.25) is 0 Å². The van der Waals surface area contributed by atoms with E-state index in [4.69, 9.17) is 25.7 Å². The van der Waals surface area contributed by atoms with Gasteiger partial charge in [-0.05, 0) is 42.7 Å². The van der Waals surface area contributed by atoms with E-state index in [9.17, 15) is 0 Å². The Morgan fingerprint density at radius 1 is 0.818 bits per heavy atom. The van der Waals surface area contributed by atoms with Gasteiger partial charge in [0.05, 0.1) is 38.4 Å². The van der Waals surface area contributed by atoms with Gasteiger partial charge in [-0.15, -0.1) is 0 Å². The Balaban J connectivity index is -0.000000185. The fourth-order valence-electron chi connectivity index (χ4n) is 2.52. The average molecular weight is 684 g/mol. The molecule has 184 valence electrons. The number of aryl methyl sites for hydroxylation is 1. The fraction of sp³-hybridized carbons (Fsp3) is 0.346. The number of nitrogens with two attached hydrogens (primary N) is 2. The summed E-state index contributed by atoms with van der Waals surface area (Å²) in [6.45, 7) is 8.89. The van der Waals surface area contributed by atoms with Crippen molar-refractivity contribution in [3.05, 3.63) is 72.6 Å². The van der Waals surface area contributed by atoms with Crippen LogP contribution in [0.25, 0.3) is 0 Å². The molecule has 1 aromatic heterocycles. The van der Waals surface area contributed by atoms with E-state index in [0.29, 0.717) is 17.1 Å². The van der Waals surface area contributed by atoms with Crippen LogP contribution in [-0.2, 0) is 6.42 Å². The molecule has 0 aliphatic carbocycles. The summed E-state index contributed by atoms with van der Waals surface area (Å²) in [5.74, 6) is 2.43. The van der Waals surface area contributed by atoms with Gasteiger partial charge in [-0.2, -0.15) is 0 Å². The molecule has 0 unspecified atom stereocenters. The summed E-state index contributed by atoms with van der Waals surface area (Å²) in [6.07, 6.45) is 5.54. The van der Waals surface area contributed by atoms with Crippen molar-refractivity contribution < 1.29 is 48.2 Å².